The van der Waals surface area contributed by atoms with E-state index in [1.807, 2.05) is 61.5 Å². The van der Waals surface area contributed by atoms with Gasteiger partial charge in [-0.15, -0.1) is 0 Å². The maximum absolute atomic E-state index is 12.0. The van der Waals surface area contributed by atoms with Gasteiger partial charge >= 0.3 is 29.6 Å². The standard InChI is InChI=1S/C26H22Cl2N2O3.Na/c1-16-4-3-5-17(12-16)22(26(31)32)14-19-15-25(18-6-11-23(27)24(28)13-18)30(29-19)20-7-9-21(33-2)10-8-20;/h3-13,15,22H,14H2,1-2H3,(H,31,32);/q;+1/p-1/t22-;/m0./s1. The van der Waals surface area contributed by atoms with Gasteiger partial charge in [0.25, 0.3) is 0 Å². The number of halogens is 2. The number of carboxylic acids is 1. The number of ether oxygens (including phenoxy) is 1. The first-order chi connectivity index (χ1) is 15.9. The minimum Gasteiger partial charge on any atom is -0.549 e. The molecule has 0 unspecified atom stereocenters. The molecule has 5 nitrogen and oxygen atoms in total. The van der Waals surface area contributed by atoms with Gasteiger partial charge in [0.15, 0.2) is 0 Å². The largest absolute Gasteiger partial charge is 1.00 e. The van der Waals surface area contributed by atoms with Crippen LogP contribution in [-0.4, -0.2) is 22.9 Å². The number of aryl methyl sites for hydroxylation is 1. The summed E-state index contributed by atoms with van der Waals surface area (Å²) in [5.41, 5.74) is 4.64. The van der Waals surface area contributed by atoms with Crippen LogP contribution in [0.25, 0.3) is 16.9 Å². The Labute approximate surface area is 230 Å². The first kappa shape index (κ1) is 26.3. The summed E-state index contributed by atoms with van der Waals surface area (Å²) in [5.74, 6) is -1.25. The molecule has 0 radical (unpaired) electrons. The van der Waals surface area contributed by atoms with Crippen molar-refractivity contribution in [1.82, 2.24) is 9.78 Å². The van der Waals surface area contributed by atoms with Gasteiger partial charge in [0.2, 0.25) is 0 Å². The predicted molar refractivity (Wildman–Crippen MR) is 128 cm³/mol. The summed E-state index contributed by atoms with van der Waals surface area (Å²) in [7, 11) is 1.60. The molecule has 3 aromatic carbocycles. The van der Waals surface area contributed by atoms with Gasteiger partial charge < -0.3 is 14.6 Å². The molecule has 0 amide bonds. The molecule has 34 heavy (non-hydrogen) atoms. The summed E-state index contributed by atoms with van der Waals surface area (Å²) in [6.07, 6.45) is 0.184. The topological polar surface area (TPSA) is 67.2 Å². The number of benzene rings is 3. The average molecular weight is 503 g/mol. The molecule has 8 heteroatoms. The molecule has 0 saturated carbocycles. The molecule has 0 saturated heterocycles. The molecule has 0 aliphatic rings. The minimum atomic E-state index is -1.14. The zero-order valence-electron chi connectivity index (χ0n) is 19.1. The smallest absolute Gasteiger partial charge is 0.549 e. The Morgan fingerprint density at radius 2 is 1.76 bits per heavy atom. The SMILES string of the molecule is COc1ccc(-n2nc(C[C@H](C(=O)[O-])c3cccc(C)c3)cc2-c2ccc(Cl)c(Cl)c2)cc1.[Na+]. The van der Waals surface area contributed by atoms with Crippen LogP contribution in [0.1, 0.15) is 22.7 Å². The van der Waals surface area contributed by atoms with E-state index in [9.17, 15) is 9.90 Å². The van der Waals surface area contributed by atoms with E-state index in [-0.39, 0.29) is 36.0 Å². The normalized spacial score (nSPS) is 11.5. The van der Waals surface area contributed by atoms with Gasteiger partial charge in [0.1, 0.15) is 5.75 Å². The van der Waals surface area contributed by atoms with Crippen molar-refractivity contribution >= 4 is 29.2 Å². The van der Waals surface area contributed by atoms with Gasteiger partial charge in [-0.2, -0.15) is 5.10 Å². The molecule has 1 atom stereocenters. The molecule has 4 rings (SSSR count). The Morgan fingerprint density at radius 1 is 1.03 bits per heavy atom. The number of carboxylic acid groups (broad SMARTS) is 1. The maximum Gasteiger partial charge on any atom is 1.00 e. The summed E-state index contributed by atoms with van der Waals surface area (Å²) >= 11 is 12.4. The van der Waals surface area contributed by atoms with E-state index in [1.54, 1.807) is 30.0 Å². The molecule has 0 aliphatic carbocycles. The third-order valence-corrected chi connectivity index (χ3v) is 6.17. The summed E-state index contributed by atoms with van der Waals surface area (Å²) in [4.78, 5) is 12.0. The molecule has 0 fully saturated rings. The second-order valence-corrected chi connectivity index (χ2v) is 8.56. The molecule has 1 aromatic heterocycles. The van der Waals surface area contributed by atoms with Crippen molar-refractivity contribution in [2.24, 2.45) is 0 Å². The fourth-order valence-electron chi connectivity index (χ4n) is 3.74. The van der Waals surface area contributed by atoms with E-state index in [0.29, 0.717) is 21.3 Å². The minimum absolute atomic E-state index is 0. The van der Waals surface area contributed by atoms with Crippen LogP contribution in [0.3, 0.4) is 0 Å². The van der Waals surface area contributed by atoms with E-state index in [1.165, 1.54) is 0 Å². The zero-order chi connectivity index (χ0) is 23.5. The number of aliphatic carboxylic acids is 1. The van der Waals surface area contributed by atoms with Gasteiger partial charge in [-0.05, 0) is 55.0 Å². The molecular weight excluding hydrogens is 482 g/mol. The van der Waals surface area contributed by atoms with Crippen molar-refractivity contribution in [3.63, 3.8) is 0 Å². The number of aromatic nitrogens is 2. The van der Waals surface area contributed by atoms with Crippen LogP contribution >= 0.6 is 23.2 Å². The fourth-order valence-corrected chi connectivity index (χ4v) is 4.04. The quantitative estimate of drug-likeness (QED) is 0.363. The van der Waals surface area contributed by atoms with Gasteiger partial charge in [-0.3, -0.25) is 0 Å². The number of hydrogen-bond acceptors (Lipinski definition) is 4. The summed E-state index contributed by atoms with van der Waals surface area (Å²) in [6, 6.07) is 22.1. The van der Waals surface area contributed by atoms with Crippen molar-refractivity contribution < 1.29 is 44.2 Å². The Morgan fingerprint density at radius 3 is 2.38 bits per heavy atom. The summed E-state index contributed by atoms with van der Waals surface area (Å²) < 4.78 is 7.02. The van der Waals surface area contributed by atoms with Crippen molar-refractivity contribution in [3.05, 3.63) is 99.7 Å². The number of carbonyl (C=O) groups is 1. The maximum atomic E-state index is 12.0. The van der Waals surface area contributed by atoms with Crippen LogP contribution in [-0.2, 0) is 11.2 Å². The monoisotopic (exact) mass is 502 g/mol. The summed E-state index contributed by atoms with van der Waals surface area (Å²) in [5, 5.41) is 17.6. The van der Waals surface area contributed by atoms with Crippen LogP contribution in [0.4, 0.5) is 0 Å². The molecule has 0 N–H and O–H groups in total. The second kappa shape index (κ2) is 11.4. The van der Waals surface area contributed by atoms with Crippen molar-refractivity contribution in [3.8, 4) is 22.7 Å². The number of hydrogen-bond donors (Lipinski definition) is 0. The number of carbonyl (C=O) groups excluding carboxylic acids is 1. The van der Waals surface area contributed by atoms with Crippen molar-refractivity contribution in [1.29, 1.82) is 0 Å². The first-order valence-electron chi connectivity index (χ1n) is 10.3. The van der Waals surface area contributed by atoms with Gasteiger partial charge in [-0.1, -0.05) is 59.1 Å². The first-order valence-corrected chi connectivity index (χ1v) is 11.1. The third-order valence-electron chi connectivity index (χ3n) is 5.43. The van der Waals surface area contributed by atoms with E-state index < -0.39 is 11.9 Å². The van der Waals surface area contributed by atoms with Crippen molar-refractivity contribution in [2.45, 2.75) is 19.3 Å². The van der Waals surface area contributed by atoms with Gasteiger partial charge in [-0.25, -0.2) is 4.68 Å². The second-order valence-electron chi connectivity index (χ2n) is 7.75. The number of rotatable bonds is 7. The number of nitrogens with zero attached hydrogens (tertiary/aromatic N) is 2. The number of methoxy groups -OCH3 is 1. The molecule has 0 spiro atoms. The molecule has 168 valence electrons. The Hall–Kier alpha value is -2.28. The Bertz CT molecular complexity index is 1310. The van der Waals surface area contributed by atoms with Crippen LogP contribution in [0, 0.1) is 6.92 Å². The van der Waals surface area contributed by atoms with Crippen LogP contribution in [0.5, 0.6) is 5.75 Å². The van der Waals surface area contributed by atoms with Crippen LogP contribution in [0.2, 0.25) is 10.0 Å². The molecule has 1 heterocycles. The zero-order valence-corrected chi connectivity index (χ0v) is 22.6. The van der Waals surface area contributed by atoms with Crippen molar-refractivity contribution in [2.75, 3.05) is 7.11 Å². The van der Waals surface area contributed by atoms with E-state index >= 15 is 0 Å². The van der Waals surface area contributed by atoms with Gasteiger partial charge in [0.05, 0.1) is 34.2 Å². The van der Waals surface area contributed by atoms with E-state index in [2.05, 4.69) is 0 Å². The van der Waals surface area contributed by atoms with E-state index in [0.717, 1.165) is 28.3 Å². The predicted octanol–water partition coefficient (Wildman–Crippen LogP) is 2.24. The third kappa shape index (κ3) is 5.85. The van der Waals surface area contributed by atoms with Crippen LogP contribution < -0.4 is 39.4 Å². The Kier molecular flexibility index (Phi) is 8.85. The molecule has 0 aliphatic heterocycles. The van der Waals surface area contributed by atoms with Crippen LogP contribution in [0.15, 0.2) is 72.8 Å². The van der Waals surface area contributed by atoms with E-state index in [4.69, 9.17) is 33.0 Å². The fraction of sp³-hybridized carbons (Fsp3) is 0.154. The van der Waals surface area contributed by atoms with Gasteiger partial charge in [0, 0.05) is 23.9 Å². The molecule has 4 aromatic rings. The average Bonchev–Trinajstić information content (AvgIpc) is 3.23. The molecule has 0 bridgehead atoms. The summed E-state index contributed by atoms with van der Waals surface area (Å²) in [6.45, 7) is 1.93. The molecular formula is C26H21Cl2N2NaO3. The Balaban J connectivity index is 0.00000324.